The zero-order chi connectivity index (χ0) is 10.7. The number of rotatable bonds is 5. The van der Waals surface area contributed by atoms with Gasteiger partial charge in [0.15, 0.2) is 0 Å². The molecule has 0 N–H and O–H groups in total. The van der Waals surface area contributed by atoms with Crippen LogP contribution in [0, 0.1) is 0 Å². The van der Waals surface area contributed by atoms with Crippen LogP contribution in [0.25, 0.3) is 0 Å². The van der Waals surface area contributed by atoms with Gasteiger partial charge in [0.2, 0.25) is 0 Å². The van der Waals surface area contributed by atoms with Crippen LogP contribution in [0.15, 0.2) is 24.3 Å². The fourth-order valence-corrected chi connectivity index (χ4v) is 2.11. The van der Waals surface area contributed by atoms with Gasteiger partial charge in [-0.2, -0.15) is 0 Å². The van der Waals surface area contributed by atoms with E-state index in [1.807, 2.05) is 12.1 Å². The lowest BCUT2D eigenvalue weighted by molar-refractivity contribution is -0.121. The average molecular weight is 204 g/mol. The van der Waals surface area contributed by atoms with Crippen LogP contribution < -0.4 is 0 Å². The lowest BCUT2D eigenvalue weighted by Crippen LogP contribution is -2.25. The Morgan fingerprint density at radius 3 is 3.00 bits per heavy atom. The molecule has 1 atom stereocenters. The van der Waals surface area contributed by atoms with Crippen LogP contribution in [0.4, 0.5) is 0 Å². The number of benzene rings is 1. The number of hydrogen-bond acceptors (Lipinski definition) is 2. The molecule has 2 nitrogen and oxygen atoms in total. The fourth-order valence-electron chi connectivity index (χ4n) is 2.11. The van der Waals surface area contributed by atoms with Crippen molar-refractivity contribution in [3.05, 3.63) is 35.4 Å². The lowest BCUT2D eigenvalue weighted by atomic mass is 9.74. The summed E-state index contributed by atoms with van der Waals surface area (Å²) in [6.07, 6.45) is 2.42. The van der Waals surface area contributed by atoms with Gasteiger partial charge in [-0.15, -0.1) is 0 Å². The maximum Gasteiger partial charge on any atom is 0.140 e. The van der Waals surface area contributed by atoms with Crippen LogP contribution in [0.5, 0.6) is 0 Å². The van der Waals surface area contributed by atoms with Gasteiger partial charge in [-0.3, -0.25) is 4.79 Å². The minimum absolute atomic E-state index is 0.165. The minimum atomic E-state index is 0.165. The van der Waals surface area contributed by atoms with Crippen molar-refractivity contribution in [1.29, 1.82) is 0 Å². The number of carbonyl (C=O) groups is 1. The van der Waals surface area contributed by atoms with Gasteiger partial charge >= 0.3 is 0 Å². The molecular formula is C13H16O2. The van der Waals surface area contributed by atoms with Crippen molar-refractivity contribution < 1.29 is 9.53 Å². The molecular weight excluding hydrogens is 188 g/mol. The molecule has 1 unspecified atom stereocenters. The van der Waals surface area contributed by atoms with E-state index in [0.717, 1.165) is 12.8 Å². The van der Waals surface area contributed by atoms with Gasteiger partial charge in [-0.05, 0) is 24.0 Å². The van der Waals surface area contributed by atoms with Crippen molar-refractivity contribution in [2.24, 2.45) is 0 Å². The van der Waals surface area contributed by atoms with Crippen molar-refractivity contribution in [3.63, 3.8) is 0 Å². The van der Waals surface area contributed by atoms with Gasteiger partial charge in [-0.1, -0.05) is 24.3 Å². The van der Waals surface area contributed by atoms with Crippen molar-refractivity contribution >= 4 is 5.78 Å². The number of ketones is 1. The number of ether oxygens (including phenoxy) is 1. The Hall–Kier alpha value is -1.15. The molecule has 2 rings (SSSR count). The van der Waals surface area contributed by atoms with E-state index in [2.05, 4.69) is 12.1 Å². The van der Waals surface area contributed by atoms with Crippen LogP contribution in [0.1, 0.15) is 29.9 Å². The molecule has 1 aromatic carbocycles. The number of methoxy groups -OCH3 is 1. The molecule has 0 spiro atoms. The van der Waals surface area contributed by atoms with E-state index in [9.17, 15) is 4.79 Å². The van der Waals surface area contributed by atoms with Crippen LogP contribution in [0.3, 0.4) is 0 Å². The summed E-state index contributed by atoms with van der Waals surface area (Å²) in [6.45, 7) is 0.681. The molecule has 0 radical (unpaired) electrons. The predicted molar refractivity (Wildman–Crippen MR) is 59.0 cm³/mol. The van der Waals surface area contributed by atoms with E-state index in [0.29, 0.717) is 18.8 Å². The first-order valence-electron chi connectivity index (χ1n) is 5.42. The smallest absolute Gasteiger partial charge is 0.140 e. The number of fused-ring (bicyclic) bond motifs is 1. The summed E-state index contributed by atoms with van der Waals surface area (Å²) >= 11 is 0. The zero-order valence-electron chi connectivity index (χ0n) is 9.03. The van der Waals surface area contributed by atoms with E-state index in [1.165, 1.54) is 11.1 Å². The van der Waals surface area contributed by atoms with Crippen molar-refractivity contribution in [1.82, 2.24) is 0 Å². The Morgan fingerprint density at radius 1 is 1.47 bits per heavy atom. The highest BCUT2D eigenvalue weighted by molar-refractivity contribution is 5.88. The average Bonchev–Trinajstić information content (AvgIpc) is 2.20. The van der Waals surface area contributed by atoms with Gasteiger partial charge in [0.25, 0.3) is 0 Å². The predicted octanol–water partition coefficient (Wildman–Crippen LogP) is 2.32. The highest BCUT2D eigenvalue weighted by atomic mass is 16.5. The summed E-state index contributed by atoms with van der Waals surface area (Å²) in [5.74, 6) is 0.531. The van der Waals surface area contributed by atoms with Crippen molar-refractivity contribution in [3.8, 4) is 0 Å². The highest BCUT2D eigenvalue weighted by Crippen LogP contribution is 2.36. The third-order valence-corrected chi connectivity index (χ3v) is 3.01. The molecule has 0 aliphatic heterocycles. The standard InChI is InChI=1S/C13H16O2/c1-15-8-4-7-13(14)12-9-10-5-2-3-6-11(10)12/h2-3,5-6,12H,4,7-9H2,1H3. The van der Waals surface area contributed by atoms with Gasteiger partial charge in [0, 0.05) is 26.1 Å². The summed E-state index contributed by atoms with van der Waals surface area (Å²) in [5.41, 5.74) is 2.57. The Morgan fingerprint density at radius 2 is 2.27 bits per heavy atom. The van der Waals surface area contributed by atoms with Crippen LogP contribution in [-0.2, 0) is 16.0 Å². The first-order valence-corrected chi connectivity index (χ1v) is 5.42. The van der Waals surface area contributed by atoms with E-state index in [-0.39, 0.29) is 5.92 Å². The summed E-state index contributed by atoms with van der Waals surface area (Å²) in [6, 6.07) is 8.21. The molecule has 0 saturated carbocycles. The second-order valence-corrected chi connectivity index (χ2v) is 4.02. The molecule has 0 aromatic heterocycles. The third-order valence-electron chi connectivity index (χ3n) is 3.01. The first kappa shape index (κ1) is 10.4. The van der Waals surface area contributed by atoms with Gasteiger partial charge in [0.05, 0.1) is 0 Å². The van der Waals surface area contributed by atoms with Gasteiger partial charge in [0.1, 0.15) is 5.78 Å². The zero-order valence-corrected chi connectivity index (χ0v) is 9.03. The van der Waals surface area contributed by atoms with E-state index < -0.39 is 0 Å². The van der Waals surface area contributed by atoms with Gasteiger partial charge < -0.3 is 4.74 Å². The minimum Gasteiger partial charge on any atom is -0.385 e. The molecule has 0 fully saturated rings. The number of Topliss-reactive ketones (excluding diaryl/α,β-unsaturated/α-hetero) is 1. The third kappa shape index (κ3) is 2.10. The van der Waals surface area contributed by atoms with Crippen LogP contribution >= 0.6 is 0 Å². The maximum atomic E-state index is 11.8. The Kier molecular flexibility index (Phi) is 3.17. The van der Waals surface area contributed by atoms with Crippen molar-refractivity contribution in [2.75, 3.05) is 13.7 Å². The molecule has 0 saturated heterocycles. The van der Waals surface area contributed by atoms with Crippen molar-refractivity contribution in [2.45, 2.75) is 25.2 Å². The Balaban J connectivity index is 1.90. The van der Waals surface area contributed by atoms with E-state index in [1.54, 1.807) is 7.11 Å². The molecule has 15 heavy (non-hydrogen) atoms. The SMILES string of the molecule is COCCCC(=O)C1Cc2ccccc21. The Bertz CT molecular complexity index is 357. The second kappa shape index (κ2) is 4.58. The molecule has 1 aliphatic rings. The monoisotopic (exact) mass is 204 g/mol. The molecule has 1 aromatic rings. The summed E-state index contributed by atoms with van der Waals surface area (Å²) in [5, 5.41) is 0. The van der Waals surface area contributed by atoms with E-state index in [4.69, 9.17) is 4.74 Å². The second-order valence-electron chi connectivity index (χ2n) is 4.02. The molecule has 1 aliphatic carbocycles. The fraction of sp³-hybridized carbons (Fsp3) is 0.462. The first-order chi connectivity index (χ1) is 7.33. The van der Waals surface area contributed by atoms with Crippen LogP contribution in [-0.4, -0.2) is 19.5 Å². The molecule has 80 valence electrons. The molecule has 0 heterocycles. The molecule has 0 amide bonds. The van der Waals surface area contributed by atoms with Crippen LogP contribution in [0.2, 0.25) is 0 Å². The summed E-state index contributed by atoms with van der Waals surface area (Å²) in [7, 11) is 1.67. The molecule has 0 bridgehead atoms. The summed E-state index contributed by atoms with van der Waals surface area (Å²) in [4.78, 5) is 11.8. The lowest BCUT2D eigenvalue weighted by Gasteiger charge is -2.28. The largest absolute Gasteiger partial charge is 0.385 e. The Labute approximate surface area is 90.3 Å². The van der Waals surface area contributed by atoms with Gasteiger partial charge in [-0.25, -0.2) is 0 Å². The normalized spacial score (nSPS) is 18.1. The summed E-state index contributed by atoms with van der Waals surface area (Å²) < 4.78 is 4.94. The number of hydrogen-bond donors (Lipinski definition) is 0. The maximum absolute atomic E-state index is 11.8. The number of carbonyl (C=O) groups excluding carboxylic acids is 1. The topological polar surface area (TPSA) is 26.3 Å². The highest BCUT2D eigenvalue weighted by Gasteiger charge is 2.30. The quantitative estimate of drug-likeness (QED) is 0.688. The van der Waals surface area contributed by atoms with E-state index >= 15 is 0 Å². The molecule has 2 heteroatoms.